The Morgan fingerprint density at radius 2 is 1.83 bits per heavy atom. The number of pyridine rings is 1. The van der Waals surface area contributed by atoms with Gasteiger partial charge in [-0.15, -0.1) is 0 Å². The molecule has 0 radical (unpaired) electrons. The van der Waals surface area contributed by atoms with Gasteiger partial charge < -0.3 is 15.6 Å². The fourth-order valence-corrected chi connectivity index (χ4v) is 2.93. The van der Waals surface area contributed by atoms with Crippen LogP contribution >= 0.6 is 0 Å². The van der Waals surface area contributed by atoms with Gasteiger partial charge in [-0.25, -0.2) is 0 Å². The molecule has 2 aromatic carbocycles. The Hall–Kier alpha value is -3.08. The highest BCUT2D eigenvalue weighted by atomic mass is 16.2. The van der Waals surface area contributed by atoms with E-state index >= 15 is 0 Å². The van der Waals surface area contributed by atoms with Crippen LogP contribution in [0.3, 0.4) is 0 Å². The second kappa shape index (κ2) is 6.20. The summed E-state index contributed by atoms with van der Waals surface area (Å²) in [6, 6.07) is 15.2. The number of fused-ring (bicyclic) bond motifs is 1. The van der Waals surface area contributed by atoms with E-state index < -0.39 is 5.91 Å². The number of carbonyl (C=O) groups excluding carboxylic acids is 1. The molecule has 0 fully saturated rings. The van der Waals surface area contributed by atoms with Gasteiger partial charge >= 0.3 is 0 Å². The molecule has 1 atom stereocenters. The first-order valence-electron chi connectivity index (χ1n) is 7.75. The summed E-state index contributed by atoms with van der Waals surface area (Å²) in [5.74, 6) is -0.417. The number of amides is 1. The van der Waals surface area contributed by atoms with Crippen LogP contribution in [0.15, 0.2) is 59.5 Å². The molecule has 0 saturated heterocycles. The molecule has 5 heteroatoms. The van der Waals surface area contributed by atoms with Gasteiger partial charge in [0.25, 0.3) is 5.91 Å². The summed E-state index contributed by atoms with van der Waals surface area (Å²) in [5.41, 5.74) is 7.93. The van der Waals surface area contributed by atoms with Gasteiger partial charge in [0.15, 0.2) is 0 Å². The molecule has 122 valence electrons. The van der Waals surface area contributed by atoms with E-state index in [0.29, 0.717) is 16.6 Å². The summed E-state index contributed by atoms with van der Waals surface area (Å²) >= 11 is 0. The van der Waals surface area contributed by atoms with Crippen molar-refractivity contribution in [2.75, 3.05) is 12.8 Å². The first-order valence-corrected chi connectivity index (χ1v) is 7.75. The molecule has 1 heterocycles. The van der Waals surface area contributed by atoms with Crippen LogP contribution in [0.1, 0.15) is 28.9 Å². The number of nitrogens with one attached hydrogen (secondary N) is 1. The Kier molecular flexibility index (Phi) is 4.08. The predicted molar refractivity (Wildman–Crippen MR) is 96.3 cm³/mol. The highest BCUT2D eigenvalue weighted by Gasteiger charge is 2.19. The van der Waals surface area contributed by atoms with E-state index in [4.69, 9.17) is 5.73 Å². The first kappa shape index (κ1) is 15.8. The zero-order chi connectivity index (χ0) is 17.3. The predicted octanol–water partition coefficient (Wildman–Crippen LogP) is 2.55. The summed E-state index contributed by atoms with van der Waals surface area (Å²) in [6.45, 7) is 2.02. The van der Waals surface area contributed by atoms with E-state index in [2.05, 4.69) is 5.32 Å². The van der Waals surface area contributed by atoms with Crippen molar-refractivity contribution in [2.24, 2.45) is 0 Å². The fraction of sp³-hybridized carbons (Fsp3) is 0.158. The first-order chi connectivity index (χ1) is 11.5. The maximum Gasteiger partial charge on any atom is 0.256 e. The smallest absolute Gasteiger partial charge is 0.256 e. The summed E-state index contributed by atoms with van der Waals surface area (Å²) in [6.07, 6.45) is 1.61. The number of nitrogens with zero attached hydrogens (tertiary/aromatic N) is 1. The molecule has 0 spiro atoms. The number of carbonyl (C=O) groups is 1. The quantitative estimate of drug-likeness (QED) is 0.728. The van der Waals surface area contributed by atoms with Crippen LogP contribution in [0.4, 0.5) is 5.69 Å². The molecule has 0 aliphatic heterocycles. The van der Waals surface area contributed by atoms with Gasteiger partial charge in [0, 0.05) is 18.9 Å². The number of nitrogens with two attached hydrogens (primary N) is 1. The van der Waals surface area contributed by atoms with E-state index in [9.17, 15) is 9.59 Å². The van der Waals surface area contributed by atoms with Crippen molar-refractivity contribution < 1.29 is 4.79 Å². The summed E-state index contributed by atoms with van der Waals surface area (Å²) in [7, 11) is 1.51. The van der Waals surface area contributed by atoms with E-state index in [0.717, 1.165) is 5.56 Å². The lowest BCUT2D eigenvalue weighted by molar-refractivity contribution is 0.0961. The largest absolute Gasteiger partial charge is 0.398 e. The fourth-order valence-electron chi connectivity index (χ4n) is 2.93. The topological polar surface area (TPSA) is 77.1 Å². The van der Waals surface area contributed by atoms with E-state index in [1.54, 1.807) is 12.3 Å². The van der Waals surface area contributed by atoms with Crippen LogP contribution in [0, 0.1) is 0 Å². The minimum Gasteiger partial charge on any atom is -0.398 e. The Labute approximate surface area is 139 Å². The number of benzene rings is 2. The second-order valence-corrected chi connectivity index (χ2v) is 5.69. The van der Waals surface area contributed by atoms with Crippen LogP contribution in [-0.2, 0) is 0 Å². The number of hydrogen-bond acceptors (Lipinski definition) is 3. The third-order valence-electron chi connectivity index (χ3n) is 4.26. The van der Waals surface area contributed by atoms with E-state index in [-0.39, 0.29) is 17.0 Å². The summed E-state index contributed by atoms with van der Waals surface area (Å²) in [5, 5.41) is 2.90. The van der Waals surface area contributed by atoms with Crippen molar-refractivity contribution in [1.82, 2.24) is 9.88 Å². The third-order valence-corrected chi connectivity index (χ3v) is 4.26. The zero-order valence-corrected chi connectivity index (χ0v) is 13.6. The number of nitrogen functional groups attached to an aromatic ring is 1. The van der Waals surface area contributed by atoms with Crippen LogP contribution in [-0.4, -0.2) is 17.5 Å². The van der Waals surface area contributed by atoms with Gasteiger partial charge in [0.1, 0.15) is 5.56 Å². The molecular formula is C19H19N3O2. The standard InChI is InChI=1S/C19H19N3O2/c1-12(13-7-4-3-5-8-13)22-11-14(19(24)21-2)18(23)17-15(20)9-6-10-16(17)22/h3-12H,20H2,1-2H3,(H,21,24). The third kappa shape index (κ3) is 2.54. The molecule has 0 aliphatic carbocycles. The maximum atomic E-state index is 12.7. The lowest BCUT2D eigenvalue weighted by Crippen LogP contribution is -2.28. The van der Waals surface area contributed by atoms with Crippen LogP contribution in [0.2, 0.25) is 0 Å². The molecule has 0 saturated carbocycles. The van der Waals surface area contributed by atoms with Crippen molar-refractivity contribution in [2.45, 2.75) is 13.0 Å². The molecule has 1 unspecified atom stereocenters. The molecular weight excluding hydrogens is 302 g/mol. The van der Waals surface area contributed by atoms with Crippen molar-refractivity contribution in [3.05, 3.63) is 76.1 Å². The molecule has 3 N–H and O–H groups in total. The van der Waals surface area contributed by atoms with Crippen LogP contribution in [0.25, 0.3) is 10.9 Å². The Morgan fingerprint density at radius 3 is 2.50 bits per heavy atom. The lowest BCUT2D eigenvalue weighted by atomic mass is 10.0. The minimum atomic E-state index is -0.417. The molecule has 1 amide bonds. The highest BCUT2D eigenvalue weighted by Crippen LogP contribution is 2.25. The van der Waals surface area contributed by atoms with E-state index in [1.165, 1.54) is 7.05 Å². The SMILES string of the molecule is CNC(=O)c1cn(C(C)c2ccccc2)c2cccc(N)c2c1=O. The van der Waals surface area contributed by atoms with E-state index in [1.807, 2.05) is 54.0 Å². The normalized spacial score (nSPS) is 12.1. The molecule has 0 bridgehead atoms. The number of hydrogen-bond donors (Lipinski definition) is 2. The highest BCUT2D eigenvalue weighted by molar-refractivity contribution is 6.00. The van der Waals surface area contributed by atoms with Gasteiger partial charge in [-0.3, -0.25) is 9.59 Å². The molecule has 5 nitrogen and oxygen atoms in total. The van der Waals surface area contributed by atoms with Gasteiger partial charge in [-0.2, -0.15) is 0 Å². The molecule has 3 aromatic rings. The van der Waals surface area contributed by atoms with Gasteiger partial charge in [0.05, 0.1) is 16.9 Å². The van der Waals surface area contributed by atoms with Crippen molar-refractivity contribution in [1.29, 1.82) is 0 Å². The second-order valence-electron chi connectivity index (χ2n) is 5.69. The lowest BCUT2D eigenvalue weighted by Gasteiger charge is -2.21. The summed E-state index contributed by atoms with van der Waals surface area (Å²) < 4.78 is 1.92. The van der Waals surface area contributed by atoms with Gasteiger partial charge in [-0.1, -0.05) is 36.4 Å². The molecule has 24 heavy (non-hydrogen) atoms. The van der Waals surface area contributed by atoms with Gasteiger partial charge in [-0.05, 0) is 24.6 Å². The average molecular weight is 321 g/mol. The molecule has 0 aliphatic rings. The Morgan fingerprint density at radius 1 is 1.12 bits per heavy atom. The number of rotatable bonds is 3. The Balaban J connectivity index is 2.35. The van der Waals surface area contributed by atoms with Crippen LogP contribution in [0.5, 0.6) is 0 Å². The van der Waals surface area contributed by atoms with Crippen molar-refractivity contribution >= 4 is 22.5 Å². The van der Waals surface area contributed by atoms with Crippen molar-refractivity contribution in [3.63, 3.8) is 0 Å². The average Bonchev–Trinajstić information content (AvgIpc) is 2.61. The zero-order valence-electron chi connectivity index (χ0n) is 13.6. The maximum absolute atomic E-state index is 12.7. The number of aromatic nitrogens is 1. The summed E-state index contributed by atoms with van der Waals surface area (Å²) in [4.78, 5) is 24.8. The van der Waals surface area contributed by atoms with Crippen molar-refractivity contribution in [3.8, 4) is 0 Å². The molecule has 3 rings (SSSR count). The van der Waals surface area contributed by atoms with Crippen LogP contribution < -0.4 is 16.5 Å². The Bertz CT molecular complexity index is 962. The number of anilines is 1. The minimum absolute atomic E-state index is 0.0560. The monoisotopic (exact) mass is 321 g/mol. The van der Waals surface area contributed by atoms with Gasteiger partial charge in [0.2, 0.25) is 5.43 Å². The molecule has 1 aromatic heterocycles.